The number of halogens is 2. The summed E-state index contributed by atoms with van der Waals surface area (Å²) in [6, 6.07) is 8.31. The van der Waals surface area contributed by atoms with Crippen LogP contribution in [-0.2, 0) is 9.53 Å². The molecule has 1 aliphatic heterocycles. The van der Waals surface area contributed by atoms with Crippen LogP contribution >= 0.6 is 0 Å². The van der Waals surface area contributed by atoms with Crippen molar-refractivity contribution < 1.29 is 27.8 Å². The highest BCUT2D eigenvalue weighted by Crippen LogP contribution is 2.32. The maximum Gasteiger partial charge on any atom is 0.419 e. The summed E-state index contributed by atoms with van der Waals surface area (Å²) in [5, 5.41) is 0. The van der Waals surface area contributed by atoms with Crippen LogP contribution in [0, 0.1) is 0 Å². The molecule has 23 heavy (non-hydrogen) atoms. The zero-order chi connectivity index (χ0) is 16.9. The van der Waals surface area contributed by atoms with Crippen molar-refractivity contribution in [1.29, 1.82) is 0 Å². The average Bonchev–Trinajstić information content (AvgIpc) is 2.56. The van der Waals surface area contributed by atoms with E-state index in [1.165, 1.54) is 6.92 Å². The van der Waals surface area contributed by atoms with Crippen molar-refractivity contribution in [2.45, 2.75) is 25.7 Å². The number of esters is 1. The van der Waals surface area contributed by atoms with Gasteiger partial charge in [-0.3, -0.25) is 4.90 Å². The molecular formula is C16H17F2NO4. The third-order valence-corrected chi connectivity index (χ3v) is 3.27. The molecule has 0 fully saturated rings. The number of alkyl halides is 2. The van der Waals surface area contributed by atoms with Crippen LogP contribution in [0.15, 0.2) is 42.1 Å². The van der Waals surface area contributed by atoms with Gasteiger partial charge >= 0.3 is 18.0 Å². The topological polar surface area (TPSA) is 55.8 Å². The lowest BCUT2D eigenvalue weighted by molar-refractivity contribution is -0.166. The Kier molecular flexibility index (Phi) is 5.31. The summed E-state index contributed by atoms with van der Waals surface area (Å²) in [4.78, 5) is 24.5. The smallest absolute Gasteiger partial charge is 0.419 e. The SMILES string of the molecule is CCOC(=O)C(F)(F)C1=CN(C(=O)Oc2ccccc2)CCC1. The largest absolute Gasteiger partial charge is 0.461 e. The molecule has 5 nitrogen and oxygen atoms in total. The van der Waals surface area contributed by atoms with Crippen molar-refractivity contribution in [3.05, 3.63) is 42.1 Å². The van der Waals surface area contributed by atoms with Crippen molar-refractivity contribution in [2.75, 3.05) is 13.2 Å². The standard InChI is InChI=1S/C16H17F2NO4/c1-2-22-14(20)16(17,18)12-7-6-10-19(11-12)15(21)23-13-8-4-3-5-9-13/h3-5,8-9,11H,2,6-7,10H2,1H3. The summed E-state index contributed by atoms with van der Waals surface area (Å²) in [5.74, 6) is -5.04. The predicted octanol–water partition coefficient (Wildman–Crippen LogP) is 3.36. The Morgan fingerprint density at radius 1 is 1.26 bits per heavy atom. The van der Waals surface area contributed by atoms with Gasteiger partial charge in [0, 0.05) is 18.3 Å². The molecule has 1 aromatic carbocycles. The van der Waals surface area contributed by atoms with E-state index in [9.17, 15) is 18.4 Å². The monoisotopic (exact) mass is 325 g/mol. The number of carbonyl (C=O) groups excluding carboxylic acids is 2. The van der Waals surface area contributed by atoms with Gasteiger partial charge in [0.2, 0.25) is 0 Å². The van der Waals surface area contributed by atoms with Crippen molar-refractivity contribution in [2.24, 2.45) is 0 Å². The van der Waals surface area contributed by atoms with Crippen molar-refractivity contribution >= 4 is 12.1 Å². The number of hydrogen-bond donors (Lipinski definition) is 0. The molecule has 0 spiro atoms. The van der Waals surface area contributed by atoms with Crippen molar-refractivity contribution in [1.82, 2.24) is 4.90 Å². The number of ether oxygens (including phenoxy) is 2. The number of rotatable bonds is 4. The van der Waals surface area contributed by atoms with Gasteiger partial charge in [-0.15, -0.1) is 0 Å². The molecule has 0 saturated carbocycles. The fourth-order valence-electron chi connectivity index (χ4n) is 2.14. The Morgan fingerprint density at radius 3 is 2.61 bits per heavy atom. The van der Waals surface area contributed by atoms with Gasteiger partial charge in [-0.1, -0.05) is 18.2 Å². The predicted molar refractivity (Wildman–Crippen MR) is 78.1 cm³/mol. The van der Waals surface area contributed by atoms with Crippen molar-refractivity contribution in [3.63, 3.8) is 0 Å². The summed E-state index contributed by atoms with van der Waals surface area (Å²) in [6.07, 6.45) is 0.533. The molecule has 2 rings (SSSR count). The second-order valence-corrected chi connectivity index (χ2v) is 4.93. The summed E-state index contributed by atoms with van der Waals surface area (Å²) in [5.41, 5.74) is -0.452. The molecule has 0 unspecified atom stereocenters. The average molecular weight is 325 g/mol. The summed E-state index contributed by atoms with van der Waals surface area (Å²) < 4.78 is 37.6. The fourth-order valence-corrected chi connectivity index (χ4v) is 2.14. The van der Waals surface area contributed by atoms with Gasteiger partial charge in [-0.05, 0) is 31.9 Å². The van der Waals surface area contributed by atoms with E-state index in [0.29, 0.717) is 12.2 Å². The molecule has 0 aromatic heterocycles. The zero-order valence-corrected chi connectivity index (χ0v) is 12.6. The van der Waals surface area contributed by atoms with Crippen LogP contribution in [0.5, 0.6) is 5.75 Å². The Morgan fingerprint density at radius 2 is 1.96 bits per heavy atom. The van der Waals surface area contributed by atoms with Gasteiger partial charge in [-0.2, -0.15) is 8.78 Å². The van der Waals surface area contributed by atoms with Crippen molar-refractivity contribution in [3.8, 4) is 5.75 Å². The van der Waals surface area contributed by atoms with Gasteiger partial charge in [0.25, 0.3) is 0 Å². The van der Waals surface area contributed by atoms with Gasteiger partial charge in [0.1, 0.15) is 5.75 Å². The lowest BCUT2D eigenvalue weighted by atomic mass is 10.0. The van der Waals surface area contributed by atoms with Gasteiger partial charge in [0.05, 0.1) is 6.61 Å². The van der Waals surface area contributed by atoms with Gasteiger partial charge < -0.3 is 9.47 Å². The molecule has 7 heteroatoms. The van der Waals surface area contributed by atoms with E-state index in [4.69, 9.17) is 4.74 Å². The highest BCUT2D eigenvalue weighted by atomic mass is 19.3. The molecule has 1 heterocycles. The Labute approximate surface area is 132 Å². The van der Waals surface area contributed by atoms with E-state index in [1.807, 2.05) is 0 Å². The van der Waals surface area contributed by atoms with E-state index in [2.05, 4.69) is 4.74 Å². The number of nitrogens with zero attached hydrogens (tertiary/aromatic N) is 1. The van der Waals surface area contributed by atoms with Crippen LogP contribution < -0.4 is 4.74 Å². The van der Waals surface area contributed by atoms with Crippen LogP contribution in [0.25, 0.3) is 0 Å². The molecule has 0 N–H and O–H groups in total. The number of benzene rings is 1. The van der Waals surface area contributed by atoms with Crippen LogP contribution in [0.1, 0.15) is 19.8 Å². The van der Waals surface area contributed by atoms with E-state index >= 15 is 0 Å². The second kappa shape index (κ2) is 7.21. The minimum atomic E-state index is -3.75. The third kappa shape index (κ3) is 4.06. The van der Waals surface area contributed by atoms with E-state index in [0.717, 1.165) is 11.1 Å². The van der Waals surface area contributed by atoms with Crippen LogP contribution in [0.2, 0.25) is 0 Å². The summed E-state index contributed by atoms with van der Waals surface area (Å²) >= 11 is 0. The van der Waals surface area contributed by atoms with E-state index in [-0.39, 0.29) is 19.6 Å². The first-order chi connectivity index (χ1) is 10.9. The first kappa shape index (κ1) is 16.9. The maximum absolute atomic E-state index is 14.0. The molecule has 1 amide bonds. The Balaban J connectivity index is 2.12. The Hall–Kier alpha value is -2.44. The van der Waals surface area contributed by atoms with Gasteiger partial charge in [-0.25, -0.2) is 9.59 Å². The maximum atomic E-state index is 14.0. The highest BCUT2D eigenvalue weighted by Gasteiger charge is 2.45. The number of carbonyl (C=O) groups is 2. The molecule has 0 aliphatic carbocycles. The van der Waals surface area contributed by atoms with Gasteiger partial charge in [0.15, 0.2) is 0 Å². The minimum Gasteiger partial charge on any atom is -0.461 e. The van der Waals surface area contributed by atoms with Crippen LogP contribution in [0.4, 0.5) is 13.6 Å². The second-order valence-electron chi connectivity index (χ2n) is 4.93. The van der Waals surface area contributed by atoms with Crippen LogP contribution in [-0.4, -0.2) is 36.0 Å². The molecule has 124 valence electrons. The lowest BCUT2D eigenvalue weighted by Crippen LogP contribution is -2.39. The number of para-hydroxylation sites is 1. The van der Waals surface area contributed by atoms with Crippen LogP contribution in [0.3, 0.4) is 0 Å². The Bertz CT molecular complexity index is 601. The number of amides is 1. The van der Waals surface area contributed by atoms with E-state index < -0.39 is 23.6 Å². The fraction of sp³-hybridized carbons (Fsp3) is 0.375. The summed E-state index contributed by atoms with van der Waals surface area (Å²) in [6.45, 7) is 1.56. The first-order valence-electron chi connectivity index (χ1n) is 7.25. The molecule has 1 aromatic rings. The third-order valence-electron chi connectivity index (χ3n) is 3.27. The molecule has 0 saturated heterocycles. The quantitative estimate of drug-likeness (QED) is 0.797. The zero-order valence-electron chi connectivity index (χ0n) is 12.6. The first-order valence-corrected chi connectivity index (χ1v) is 7.25. The molecule has 1 aliphatic rings. The molecule has 0 atom stereocenters. The normalized spacial score (nSPS) is 14.9. The minimum absolute atomic E-state index is 0.0148. The van der Waals surface area contributed by atoms with E-state index in [1.54, 1.807) is 30.3 Å². The molecule has 0 bridgehead atoms. The molecular weight excluding hydrogens is 308 g/mol. The highest BCUT2D eigenvalue weighted by molar-refractivity contribution is 5.82. The lowest BCUT2D eigenvalue weighted by Gasteiger charge is -2.27. The summed E-state index contributed by atoms with van der Waals surface area (Å²) in [7, 11) is 0. The number of hydrogen-bond acceptors (Lipinski definition) is 4. The molecule has 0 radical (unpaired) electrons.